The van der Waals surface area contributed by atoms with Crippen LogP contribution in [0.2, 0.25) is 4.34 Å². The fourth-order valence-corrected chi connectivity index (χ4v) is 4.46. The van der Waals surface area contributed by atoms with Crippen LogP contribution in [0.15, 0.2) is 39.7 Å². The quantitative estimate of drug-likeness (QED) is 0.335. The molecule has 0 aliphatic heterocycles. The van der Waals surface area contributed by atoms with Crippen molar-refractivity contribution < 1.29 is 19.1 Å². The first kappa shape index (κ1) is 25.9. The second-order valence-corrected chi connectivity index (χ2v) is 11.0. The van der Waals surface area contributed by atoms with Gasteiger partial charge < -0.3 is 14.6 Å². The Balaban J connectivity index is 2.03. The Morgan fingerprint density at radius 1 is 1.24 bits per heavy atom. The number of ether oxygens (including phenoxy) is 1. The van der Waals surface area contributed by atoms with E-state index >= 15 is 0 Å². The molecule has 9 nitrogen and oxygen atoms in total. The molecule has 0 spiro atoms. The molecular weight excluding hydrogens is 548 g/mol. The van der Waals surface area contributed by atoms with E-state index < -0.39 is 29.3 Å². The average Bonchev–Trinajstić information content (AvgIpc) is 3.38. The Labute approximate surface area is 212 Å². The molecule has 0 aliphatic carbocycles. The molecule has 12 heteroatoms. The van der Waals surface area contributed by atoms with Crippen molar-refractivity contribution in [2.75, 3.05) is 12.4 Å². The van der Waals surface area contributed by atoms with Gasteiger partial charge in [0.05, 0.1) is 30.2 Å². The van der Waals surface area contributed by atoms with Crippen molar-refractivity contribution >= 4 is 62.3 Å². The van der Waals surface area contributed by atoms with Crippen LogP contribution in [0.4, 0.5) is 5.82 Å². The third-order valence-electron chi connectivity index (χ3n) is 4.69. The number of rotatable bonds is 7. The Bertz CT molecular complexity index is 1320. The minimum Gasteiger partial charge on any atom is -0.463 e. The number of hydrogen-bond donors (Lipinski definition) is 1. The molecule has 0 aliphatic rings. The van der Waals surface area contributed by atoms with Gasteiger partial charge in [-0.25, -0.2) is 4.79 Å². The number of methoxy groups -OCH3 is 1. The van der Waals surface area contributed by atoms with E-state index in [1.54, 1.807) is 32.9 Å². The van der Waals surface area contributed by atoms with E-state index in [0.29, 0.717) is 32.4 Å². The summed E-state index contributed by atoms with van der Waals surface area (Å²) < 4.78 is 7.87. The number of pyridine rings is 1. The molecule has 3 aromatic heterocycles. The molecule has 0 atom stereocenters. The van der Waals surface area contributed by atoms with E-state index in [2.05, 4.69) is 31.1 Å². The number of carbonyl (C=O) groups is 3. The van der Waals surface area contributed by atoms with Crippen LogP contribution in [-0.2, 0) is 27.4 Å². The van der Waals surface area contributed by atoms with Crippen molar-refractivity contribution in [1.82, 2.24) is 14.3 Å². The lowest BCUT2D eigenvalue weighted by atomic mass is 9.96. The van der Waals surface area contributed by atoms with Gasteiger partial charge in [0.15, 0.2) is 0 Å². The maximum Gasteiger partial charge on any atom is 0.376 e. The zero-order valence-electron chi connectivity index (χ0n) is 18.8. The number of Topliss-reactive ketones (excluding diaryl/α,β-unsaturated/α-hetero) is 1. The molecule has 0 bridgehead atoms. The number of carbonyl (C=O) groups excluding carboxylic acids is 3. The summed E-state index contributed by atoms with van der Waals surface area (Å²) in [5.74, 6) is -1.70. The van der Waals surface area contributed by atoms with Crippen LogP contribution in [0, 0.1) is 5.41 Å². The summed E-state index contributed by atoms with van der Waals surface area (Å²) in [6, 6.07) is 6.63. The van der Waals surface area contributed by atoms with Crippen LogP contribution in [-0.4, -0.2) is 39.1 Å². The summed E-state index contributed by atoms with van der Waals surface area (Å²) in [6.45, 7) is 5.29. The monoisotopic (exact) mass is 568 g/mol. The van der Waals surface area contributed by atoms with Gasteiger partial charge in [0.2, 0.25) is 0 Å². The summed E-state index contributed by atoms with van der Waals surface area (Å²) in [5.41, 5.74) is -0.365. The van der Waals surface area contributed by atoms with E-state index in [0.717, 1.165) is 16.6 Å². The number of hydrogen-bond acceptors (Lipinski definition) is 8. The molecule has 34 heavy (non-hydrogen) atoms. The lowest BCUT2D eigenvalue weighted by Gasteiger charge is -2.18. The number of nitrogens with one attached hydrogen (secondary N) is 1. The zero-order chi connectivity index (χ0) is 25.2. The van der Waals surface area contributed by atoms with Crippen molar-refractivity contribution in [3.8, 4) is 11.3 Å². The largest absolute Gasteiger partial charge is 0.463 e. The van der Waals surface area contributed by atoms with Crippen molar-refractivity contribution in [2.24, 2.45) is 5.41 Å². The molecule has 3 rings (SSSR count). The van der Waals surface area contributed by atoms with Crippen LogP contribution < -0.4 is 10.9 Å². The first-order chi connectivity index (χ1) is 15.9. The fourth-order valence-electron chi connectivity index (χ4n) is 2.93. The van der Waals surface area contributed by atoms with Gasteiger partial charge in [-0.1, -0.05) is 32.4 Å². The summed E-state index contributed by atoms with van der Waals surface area (Å²) in [4.78, 5) is 49.9. The van der Waals surface area contributed by atoms with Crippen molar-refractivity contribution in [3.63, 3.8) is 0 Å². The van der Waals surface area contributed by atoms with Crippen LogP contribution in [0.25, 0.3) is 11.3 Å². The summed E-state index contributed by atoms with van der Waals surface area (Å²) >= 11 is 10.8. The number of esters is 1. The Morgan fingerprint density at radius 2 is 1.94 bits per heavy atom. The molecule has 0 saturated carbocycles. The van der Waals surface area contributed by atoms with Gasteiger partial charge in [-0.2, -0.15) is 9.78 Å². The zero-order valence-corrected chi connectivity index (χ0v) is 22.0. The van der Waals surface area contributed by atoms with Crippen molar-refractivity contribution in [2.45, 2.75) is 33.9 Å². The van der Waals surface area contributed by atoms with E-state index in [9.17, 15) is 19.2 Å². The van der Waals surface area contributed by atoms with E-state index in [4.69, 9.17) is 11.6 Å². The molecule has 3 aromatic rings. The highest BCUT2D eigenvalue weighted by molar-refractivity contribution is 9.10. The topological polar surface area (TPSA) is 112 Å². The number of ketones is 1. The SMILES string of the molecule is COC(=O)C(=O)Cn1cc(-c2cc(NCc3ccc(Cl)s3)n(C(=O)C(C)(C)C)n2)c(Br)cc1=O. The van der Waals surface area contributed by atoms with Gasteiger partial charge in [-0.3, -0.25) is 14.4 Å². The van der Waals surface area contributed by atoms with E-state index in [-0.39, 0.29) is 5.91 Å². The van der Waals surface area contributed by atoms with Gasteiger partial charge in [-0.05, 0) is 28.1 Å². The van der Waals surface area contributed by atoms with Crippen LogP contribution in [0.5, 0.6) is 0 Å². The Kier molecular flexibility index (Phi) is 7.79. The molecule has 0 amide bonds. The minimum atomic E-state index is -1.04. The number of anilines is 1. The van der Waals surface area contributed by atoms with Gasteiger partial charge in [0.25, 0.3) is 17.2 Å². The summed E-state index contributed by atoms with van der Waals surface area (Å²) in [6.07, 6.45) is 1.41. The number of thiophene rings is 1. The first-order valence-electron chi connectivity index (χ1n) is 10.0. The van der Waals surface area contributed by atoms with Crippen molar-refractivity contribution in [1.29, 1.82) is 0 Å². The maximum atomic E-state index is 13.1. The molecule has 3 heterocycles. The first-order valence-corrected chi connectivity index (χ1v) is 12.0. The average molecular weight is 570 g/mol. The second kappa shape index (κ2) is 10.2. The summed E-state index contributed by atoms with van der Waals surface area (Å²) in [5, 5.41) is 7.70. The van der Waals surface area contributed by atoms with E-state index in [1.165, 1.54) is 28.3 Å². The van der Waals surface area contributed by atoms with Gasteiger partial charge in [0, 0.05) is 38.7 Å². The molecule has 0 radical (unpaired) electrons. The van der Waals surface area contributed by atoms with E-state index in [1.807, 2.05) is 6.07 Å². The lowest BCUT2D eigenvalue weighted by Crippen LogP contribution is -2.29. The molecule has 0 saturated heterocycles. The molecule has 0 aromatic carbocycles. The number of halogens is 2. The summed E-state index contributed by atoms with van der Waals surface area (Å²) in [7, 11) is 1.09. The molecule has 0 fully saturated rings. The molecule has 1 N–H and O–H groups in total. The predicted octanol–water partition coefficient (Wildman–Crippen LogP) is 4.23. The van der Waals surface area contributed by atoms with Crippen LogP contribution in [0.1, 0.15) is 30.4 Å². The molecule has 180 valence electrons. The third-order valence-corrected chi connectivity index (χ3v) is 6.58. The number of nitrogens with zero attached hydrogens (tertiary/aromatic N) is 3. The fraction of sp³-hybridized carbons (Fsp3) is 0.318. The smallest absolute Gasteiger partial charge is 0.376 e. The third kappa shape index (κ3) is 5.83. The predicted molar refractivity (Wildman–Crippen MR) is 133 cm³/mol. The van der Waals surface area contributed by atoms with Crippen LogP contribution >= 0.6 is 38.9 Å². The highest BCUT2D eigenvalue weighted by Crippen LogP contribution is 2.30. The van der Waals surface area contributed by atoms with Crippen LogP contribution in [0.3, 0.4) is 0 Å². The van der Waals surface area contributed by atoms with Gasteiger partial charge in [0.1, 0.15) is 5.82 Å². The highest BCUT2D eigenvalue weighted by Gasteiger charge is 2.27. The number of aromatic nitrogens is 3. The maximum absolute atomic E-state index is 13.1. The molecular formula is C22H22BrClN4O5S. The minimum absolute atomic E-state index is 0.240. The van der Waals surface area contributed by atoms with Gasteiger partial charge in [-0.15, -0.1) is 11.3 Å². The molecule has 0 unspecified atom stereocenters. The lowest BCUT2D eigenvalue weighted by molar-refractivity contribution is -0.151. The van der Waals surface area contributed by atoms with Gasteiger partial charge >= 0.3 is 5.97 Å². The highest BCUT2D eigenvalue weighted by atomic mass is 79.9. The standard InChI is InChI=1S/C22H22BrClN4O5S/c1-22(2,3)21(32)28-18(25-9-12-5-6-17(24)34-12)8-15(26-28)13-10-27(19(30)7-14(13)23)11-16(29)20(31)33-4/h5-8,10,25H,9,11H2,1-4H3. The second-order valence-electron chi connectivity index (χ2n) is 8.36. The Hall–Kier alpha value is -2.76. The normalized spacial score (nSPS) is 11.4. The Morgan fingerprint density at radius 3 is 2.53 bits per heavy atom. The van der Waals surface area contributed by atoms with Crippen molar-refractivity contribution in [3.05, 3.63) is 54.5 Å².